The van der Waals surface area contributed by atoms with E-state index in [9.17, 15) is 24.3 Å². The number of nitrogens with zero attached hydrogens (tertiary/aromatic N) is 3. The Morgan fingerprint density at radius 2 is 1.69 bits per heavy atom. The van der Waals surface area contributed by atoms with Crippen molar-refractivity contribution in [2.45, 2.75) is 58.4 Å². The Bertz CT molecular complexity index is 1830. The molecule has 0 atom stereocenters. The molecule has 1 aromatic heterocycles. The number of aliphatic hydroxyl groups excluding tert-OH is 2. The van der Waals surface area contributed by atoms with Gasteiger partial charge in [-0.25, -0.2) is 8.78 Å². The fourth-order valence-corrected chi connectivity index (χ4v) is 6.25. The second kappa shape index (κ2) is 17.8. The second-order valence-electron chi connectivity index (χ2n) is 12.7. The van der Waals surface area contributed by atoms with E-state index in [0.29, 0.717) is 59.3 Å². The highest BCUT2D eigenvalue weighted by atomic mass is 35.5. The first-order valence-electron chi connectivity index (χ1n) is 16.9. The van der Waals surface area contributed by atoms with Crippen molar-refractivity contribution in [1.82, 2.24) is 15.2 Å². The maximum absolute atomic E-state index is 13.5. The van der Waals surface area contributed by atoms with Crippen LogP contribution in [0.25, 0.3) is 11.1 Å². The predicted octanol–water partition coefficient (Wildman–Crippen LogP) is 6.60. The Balaban J connectivity index is 1.29. The summed E-state index contributed by atoms with van der Waals surface area (Å²) in [6.45, 7) is 5.45. The minimum Gasteiger partial charge on any atom is -0.493 e. The van der Waals surface area contributed by atoms with Gasteiger partial charge in [0.25, 0.3) is 5.92 Å². The first-order valence-corrected chi connectivity index (χ1v) is 17.3. The summed E-state index contributed by atoms with van der Waals surface area (Å²) in [6.07, 6.45) is 3.68. The van der Waals surface area contributed by atoms with Crippen LogP contribution in [0.1, 0.15) is 46.2 Å². The second-order valence-corrected chi connectivity index (χ2v) is 13.1. The molecule has 270 valence electrons. The summed E-state index contributed by atoms with van der Waals surface area (Å²) in [4.78, 5) is 5.89. The zero-order valence-electron chi connectivity index (χ0n) is 28.8. The van der Waals surface area contributed by atoms with E-state index in [0.717, 1.165) is 33.6 Å². The number of nitriles is 1. The quantitative estimate of drug-likeness (QED) is 0.104. The Morgan fingerprint density at radius 1 is 0.941 bits per heavy atom. The van der Waals surface area contributed by atoms with Crippen LogP contribution in [-0.4, -0.2) is 71.5 Å². The monoisotopic (exact) mass is 720 g/mol. The molecule has 0 spiro atoms. The molecule has 12 heteroatoms. The predicted molar refractivity (Wildman–Crippen MR) is 191 cm³/mol. The number of aliphatic hydroxyl groups is 2. The van der Waals surface area contributed by atoms with Crippen molar-refractivity contribution in [3.05, 3.63) is 105 Å². The Kier molecular flexibility index (Phi) is 13.2. The van der Waals surface area contributed by atoms with Gasteiger partial charge in [0.15, 0.2) is 0 Å². The van der Waals surface area contributed by atoms with E-state index in [2.05, 4.69) is 28.5 Å². The van der Waals surface area contributed by atoms with Gasteiger partial charge in [0, 0.05) is 55.6 Å². The molecule has 3 N–H and O–H groups in total. The van der Waals surface area contributed by atoms with Crippen LogP contribution in [0.3, 0.4) is 0 Å². The van der Waals surface area contributed by atoms with Crippen LogP contribution in [0.15, 0.2) is 67.0 Å². The fourth-order valence-electron chi connectivity index (χ4n) is 6.01. The standard InChI is InChI=1S/C39H43ClF2N4O5/c1-26-30(6-3-7-33(26)34-8-4-9-36(27(34)2)49-13-5-11-46-12-10-39(41,42)25-46)24-51-38-16-37(50-23-29-14-28(17-43)18-44-19-29)31(15-35(38)40)20-45-32(21-47)22-48/h3-4,6-9,14-16,18-19,32,45,47-48H,5,10-13,20-25H2,1-2H3. The van der Waals surface area contributed by atoms with E-state index in [-0.39, 0.29) is 45.9 Å². The molecule has 0 saturated carbocycles. The van der Waals surface area contributed by atoms with Crippen LogP contribution in [0.5, 0.6) is 17.2 Å². The van der Waals surface area contributed by atoms with Crippen molar-refractivity contribution in [1.29, 1.82) is 5.26 Å². The molecule has 51 heavy (non-hydrogen) atoms. The minimum absolute atomic E-state index is 0.0813. The summed E-state index contributed by atoms with van der Waals surface area (Å²) >= 11 is 6.71. The molecule has 0 unspecified atom stereocenters. The molecule has 1 aliphatic rings. The lowest BCUT2D eigenvalue weighted by molar-refractivity contribution is 0.0118. The summed E-state index contributed by atoms with van der Waals surface area (Å²) in [6, 6.07) is 18.7. The third kappa shape index (κ3) is 10.2. The molecular weight excluding hydrogens is 678 g/mol. The molecule has 2 heterocycles. The number of alkyl halides is 2. The third-order valence-corrected chi connectivity index (χ3v) is 9.28. The average molecular weight is 721 g/mol. The minimum atomic E-state index is -2.59. The van der Waals surface area contributed by atoms with Gasteiger partial charge in [0.2, 0.25) is 0 Å². The van der Waals surface area contributed by atoms with Crippen molar-refractivity contribution in [2.75, 3.05) is 39.5 Å². The molecule has 0 amide bonds. The van der Waals surface area contributed by atoms with Gasteiger partial charge >= 0.3 is 0 Å². The highest BCUT2D eigenvalue weighted by molar-refractivity contribution is 6.32. The molecule has 3 aromatic carbocycles. The van der Waals surface area contributed by atoms with Crippen molar-refractivity contribution in [3.8, 4) is 34.4 Å². The largest absolute Gasteiger partial charge is 0.493 e. The lowest BCUT2D eigenvalue weighted by Crippen LogP contribution is -2.35. The molecule has 5 rings (SSSR count). The Hall–Kier alpha value is -4.31. The number of halogens is 3. The highest BCUT2D eigenvalue weighted by Gasteiger charge is 2.37. The van der Waals surface area contributed by atoms with Crippen molar-refractivity contribution >= 4 is 11.6 Å². The van der Waals surface area contributed by atoms with Crippen LogP contribution in [-0.2, 0) is 19.8 Å². The van der Waals surface area contributed by atoms with Gasteiger partial charge in [-0.2, -0.15) is 5.26 Å². The maximum atomic E-state index is 13.5. The van der Waals surface area contributed by atoms with Crippen LogP contribution < -0.4 is 19.5 Å². The number of pyridine rings is 1. The van der Waals surface area contributed by atoms with E-state index >= 15 is 0 Å². The Morgan fingerprint density at radius 3 is 2.41 bits per heavy atom. The van der Waals surface area contributed by atoms with E-state index in [4.69, 9.17) is 25.8 Å². The molecule has 0 aliphatic carbocycles. The summed E-state index contributed by atoms with van der Waals surface area (Å²) in [5.41, 5.74) is 6.85. The van der Waals surface area contributed by atoms with E-state index < -0.39 is 12.0 Å². The van der Waals surface area contributed by atoms with Crippen molar-refractivity contribution in [3.63, 3.8) is 0 Å². The number of aromatic nitrogens is 1. The first kappa shape index (κ1) is 37.9. The molecule has 0 bridgehead atoms. The van der Waals surface area contributed by atoms with E-state index in [1.807, 2.05) is 38.1 Å². The normalized spacial score (nSPS) is 14.1. The molecule has 9 nitrogen and oxygen atoms in total. The number of hydrogen-bond donors (Lipinski definition) is 3. The molecule has 1 fully saturated rings. The summed E-state index contributed by atoms with van der Waals surface area (Å²) in [7, 11) is 0. The van der Waals surface area contributed by atoms with Crippen molar-refractivity contribution < 1.29 is 33.2 Å². The zero-order valence-corrected chi connectivity index (χ0v) is 29.6. The van der Waals surface area contributed by atoms with E-state index in [1.165, 1.54) is 6.20 Å². The van der Waals surface area contributed by atoms with Gasteiger partial charge < -0.3 is 29.7 Å². The van der Waals surface area contributed by atoms with Gasteiger partial charge in [-0.15, -0.1) is 0 Å². The summed E-state index contributed by atoms with van der Waals surface area (Å²) in [5.74, 6) is -0.939. The smallest absolute Gasteiger partial charge is 0.261 e. The SMILES string of the molecule is Cc1c(COc2cc(OCc3cncc(C#N)c3)c(CNC(CO)CO)cc2Cl)cccc1-c1cccc(OCCCN2CCC(F)(F)C2)c1C. The average Bonchev–Trinajstić information content (AvgIpc) is 3.48. The molecule has 1 saturated heterocycles. The zero-order chi connectivity index (χ0) is 36.4. The van der Waals surface area contributed by atoms with Crippen LogP contribution >= 0.6 is 11.6 Å². The van der Waals surface area contributed by atoms with Crippen LogP contribution in [0, 0.1) is 25.2 Å². The lowest BCUT2D eigenvalue weighted by Gasteiger charge is -2.19. The number of benzene rings is 3. The lowest BCUT2D eigenvalue weighted by atomic mass is 9.93. The third-order valence-electron chi connectivity index (χ3n) is 8.98. The highest BCUT2D eigenvalue weighted by Crippen LogP contribution is 2.36. The number of hydrogen-bond acceptors (Lipinski definition) is 9. The van der Waals surface area contributed by atoms with Gasteiger partial charge in [-0.05, 0) is 66.3 Å². The van der Waals surface area contributed by atoms with Crippen LogP contribution in [0.4, 0.5) is 8.78 Å². The van der Waals surface area contributed by atoms with Crippen molar-refractivity contribution in [2.24, 2.45) is 0 Å². The number of rotatable bonds is 17. The van der Waals surface area contributed by atoms with Gasteiger partial charge in [-0.3, -0.25) is 9.88 Å². The summed E-state index contributed by atoms with van der Waals surface area (Å²) < 4.78 is 45.6. The number of nitrogens with one attached hydrogen (secondary N) is 1. The van der Waals surface area contributed by atoms with Gasteiger partial charge in [0.1, 0.15) is 36.5 Å². The molecule has 0 radical (unpaired) electrons. The fraction of sp³-hybridized carbons (Fsp3) is 0.385. The maximum Gasteiger partial charge on any atom is 0.261 e. The topological polar surface area (TPSA) is 120 Å². The van der Waals surface area contributed by atoms with Crippen LogP contribution in [0.2, 0.25) is 5.02 Å². The summed E-state index contributed by atoms with van der Waals surface area (Å²) in [5, 5.41) is 31.8. The van der Waals surface area contributed by atoms with Gasteiger partial charge in [-0.1, -0.05) is 41.9 Å². The number of ether oxygens (including phenoxy) is 3. The van der Waals surface area contributed by atoms with E-state index in [1.54, 1.807) is 29.3 Å². The van der Waals surface area contributed by atoms with Gasteiger partial charge in [0.05, 0.1) is 43.0 Å². The molecule has 4 aromatic rings. The first-order chi connectivity index (χ1) is 24.6. The Labute approximate surface area is 302 Å². The number of likely N-dealkylation sites (tertiary alicyclic amines) is 1. The molecule has 1 aliphatic heterocycles. The molecular formula is C39H43ClF2N4O5.